The van der Waals surface area contributed by atoms with E-state index in [9.17, 15) is 9.79 Å². The first kappa shape index (κ1) is 19.9. The van der Waals surface area contributed by atoms with E-state index in [0.717, 1.165) is 25.7 Å². The van der Waals surface area contributed by atoms with Crippen molar-refractivity contribution in [3.63, 3.8) is 0 Å². The van der Waals surface area contributed by atoms with Crippen molar-refractivity contribution >= 4 is 28.9 Å². The molecular formula is C14H31O2PS2. The molecule has 19 heavy (non-hydrogen) atoms. The third kappa shape index (κ3) is 10.3. The summed E-state index contributed by atoms with van der Waals surface area (Å²) in [5, 5.41) is 0. The molecular weight excluding hydrogens is 295 g/mol. The maximum atomic E-state index is 9.78. The zero-order chi connectivity index (χ0) is 15.1. The Bertz CT molecular complexity index is 277. The van der Waals surface area contributed by atoms with Crippen LogP contribution in [0.1, 0.15) is 73.1 Å². The maximum Gasteiger partial charge on any atom is 0.242 e. The maximum absolute atomic E-state index is 9.78. The van der Waals surface area contributed by atoms with Crippen molar-refractivity contribution in [2.24, 2.45) is 11.8 Å². The van der Waals surface area contributed by atoms with Gasteiger partial charge < -0.3 is 9.79 Å². The molecule has 0 aliphatic rings. The standard InChI is InChI=1S/C14H31O2PS2/c1-6-7-8-9-14(10-12(2)3,11-13(4)5)19-17(15,16)18/h12-13H,6-11H2,1-5H3,(H2,15,16,18). The van der Waals surface area contributed by atoms with Gasteiger partial charge in [0.15, 0.2) is 0 Å². The van der Waals surface area contributed by atoms with Crippen LogP contribution in [0.2, 0.25) is 0 Å². The second-order valence-electron chi connectivity index (χ2n) is 6.42. The van der Waals surface area contributed by atoms with Crippen molar-refractivity contribution in [3.05, 3.63) is 0 Å². The summed E-state index contributed by atoms with van der Waals surface area (Å²) >= 11 is 6.20. The van der Waals surface area contributed by atoms with E-state index in [1.54, 1.807) is 0 Å². The van der Waals surface area contributed by atoms with E-state index in [-0.39, 0.29) is 4.75 Å². The van der Waals surface area contributed by atoms with Crippen LogP contribution in [0.4, 0.5) is 0 Å². The molecule has 0 amide bonds. The van der Waals surface area contributed by atoms with Crippen LogP contribution in [-0.4, -0.2) is 14.5 Å². The van der Waals surface area contributed by atoms with Crippen molar-refractivity contribution in [1.82, 2.24) is 0 Å². The first-order valence-electron chi connectivity index (χ1n) is 7.36. The van der Waals surface area contributed by atoms with Crippen LogP contribution >= 0.6 is 17.1 Å². The highest BCUT2D eigenvalue weighted by molar-refractivity contribution is 8.67. The van der Waals surface area contributed by atoms with Gasteiger partial charge in [0.1, 0.15) is 0 Å². The van der Waals surface area contributed by atoms with Crippen molar-refractivity contribution in [2.45, 2.75) is 77.9 Å². The van der Waals surface area contributed by atoms with Crippen LogP contribution in [-0.2, 0) is 11.8 Å². The van der Waals surface area contributed by atoms with E-state index in [1.807, 2.05) is 0 Å². The van der Waals surface area contributed by atoms with Crippen LogP contribution in [0.25, 0.3) is 0 Å². The zero-order valence-corrected chi connectivity index (χ0v) is 15.6. The molecule has 0 radical (unpaired) electrons. The molecule has 0 fully saturated rings. The van der Waals surface area contributed by atoms with Gasteiger partial charge in [-0.3, -0.25) is 0 Å². The Morgan fingerprint density at radius 1 is 1.05 bits per heavy atom. The summed E-state index contributed by atoms with van der Waals surface area (Å²) in [6.07, 6.45) is 6.62. The summed E-state index contributed by atoms with van der Waals surface area (Å²) in [6.45, 7) is 11.0. The fourth-order valence-corrected chi connectivity index (χ4v) is 8.06. The Morgan fingerprint density at radius 2 is 1.53 bits per heavy atom. The third-order valence-electron chi connectivity index (χ3n) is 3.11. The molecule has 0 saturated carbocycles. The molecule has 0 bridgehead atoms. The van der Waals surface area contributed by atoms with Gasteiger partial charge >= 0.3 is 0 Å². The lowest BCUT2D eigenvalue weighted by molar-refractivity contribution is 0.354. The van der Waals surface area contributed by atoms with E-state index in [1.165, 1.54) is 24.2 Å². The summed E-state index contributed by atoms with van der Waals surface area (Å²) in [4.78, 5) is 19.6. The van der Waals surface area contributed by atoms with Gasteiger partial charge in [0.25, 0.3) is 0 Å². The Morgan fingerprint density at radius 3 is 1.84 bits per heavy atom. The average Bonchev–Trinajstić information content (AvgIpc) is 2.12. The summed E-state index contributed by atoms with van der Waals surface area (Å²) in [7, 11) is 0. The van der Waals surface area contributed by atoms with E-state index >= 15 is 0 Å². The Labute approximate surface area is 128 Å². The van der Waals surface area contributed by atoms with E-state index in [4.69, 9.17) is 11.8 Å². The third-order valence-corrected chi connectivity index (χ3v) is 6.82. The molecule has 0 aromatic heterocycles. The minimum atomic E-state index is -3.20. The van der Waals surface area contributed by atoms with Gasteiger partial charge in [0.2, 0.25) is 5.69 Å². The molecule has 0 spiro atoms. The topological polar surface area (TPSA) is 40.5 Å². The van der Waals surface area contributed by atoms with E-state index < -0.39 is 5.69 Å². The fraction of sp³-hybridized carbons (Fsp3) is 1.00. The Kier molecular flexibility index (Phi) is 9.48. The van der Waals surface area contributed by atoms with Crippen LogP contribution in [0.3, 0.4) is 0 Å². The van der Waals surface area contributed by atoms with E-state index in [2.05, 4.69) is 34.6 Å². The zero-order valence-electron chi connectivity index (χ0n) is 13.1. The minimum Gasteiger partial charge on any atom is -0.338 e. The molecule has 0 atom stereocenters. The number of rotatable bonds is 10. The van der Waals surface area contributed by atoms with Crippen LogP contribution in [0, 0.1) is 11.8 Å². The molecule has 0 aromatic rings. The van der Waals surface area contributed by atoms with Crippen molar-refractivity contribution in [3.8, 4) is 0 Å². The van der Waals surface area contributed by atoms with Gasteiger partial charge in [-0.2, -0.15) is 0 Å². The number of hydrogen-bond donors (Lipinski definition) is 2. The molecule has 2 N–H and O–H groups in total. The number of hydrogen-bond acceptors (Lipinski definition) is 2. The van der Waals surface area contributed by atoms with E-state index in [0.29, 0.717) is 11.8 Å². The summed E-state index contributed by atoms with van der Waals surface area (Å²) in [6, 6.07) is 0. The van der Waals surface area contributed by atoms with Gasteiger partial charge in [0.05, 0.1) is 0 Å². The first-order valence-corrected chi connectivity index (χ1v) is 11.5. The van der Waals surface area contributed by atoms with Crippen molar-refractivity contribution in [1.29, 1.82) is 0 Å². The number of unbranched alkanes of at least 4 members (excludes halogenated alkanes) is 2. The lowest BCUT2D eigenvalue weighted by atomic mass is 9.84. The lowest BCUT2D eigenvalue weighted by Gasteiger charge is -2.37. The van der Waals surface area contributed by atoms with Crippen LogP contribution in [0.5, 0.6) is 0 Å². The van der Waals surface area contributed by atoms with Gasteiger partial charge in [-0.05, 0) is 42.9 Å². The molecule has 0 rings (SSSR count). The van der Waals surface area contributed by atoms with Crippen molar-refractivity contribution in [2.75, 3.05) is 0 Å². The fourth-order valence-electron chi connectivity index (χ4n) is 2.85. The van der Waals surface area contributed by atoms with Gasteiger partial charge in [0, 0.05) is 4.75 Å². The predicted octanol–water partition coefficient (Wildman–Crippen LogP) is 5.34. The van der Waals surface area contributed by atoms with Gasteiger partial charge in [-0.15, -0.1) is 0 Å². The molecule has 0 saturated heterocycles. The molecule has 5 heteroatoms. The second-order valence-corrected chi connectivity index (χ2v) is 12.7. The normalized spacial score (nSPS) is 13.5. The van der Waals surface area contributed by atoms with Gasteiger partial charge in [-0.1, -0.05) is 65.3 Å². The molecule has 2 nitrogen and oxygen atoms in total. The molecule has 116 valence electrons. The smallest absolute Gasteiger partial charge is 0.242 e. The molecule has 0 aliphatic carbocycles. The highest BCUT2D eigenvalue weighted by atomic mass is 32.9. The molecule has 0 aromatic carbocycles. The summed E-state index contributed by atoms with van der Waals surface area (Å²) in [5.74, 6) is 1.10. The lowest BCUT2D eigenvalue weighted by Crippen LogP contribution is -2.29. The predicted molar refractivity (Wildman–Crippen MR) is 92.1 cm³/mol. The molecule has 0 aliphatic heterocycles. The summed E-state index contributed by atoms with van der Waals surface area (Å²) < 4.78 is -0.0590. The highest BCUT2D eigenvalue weighted by Gasteiger charge is 2.36. The monoisotopic (exact) mass is 326 g/mol. The highest BCUT2D eigenvalue weighted by Crippen LogP contribution is 2.61. The Hall–Kier alpha value is 0.920. The largest absolute Gasteiger partial charge is 0.338 e. The minimum absolute atomic E-state index is 0.0590. The quantitative estimate of drug-likeness (QED) is 0.420. The SMILES string of the molecule is CCCCCC(CC(C)C)(CC(C)C)SP(O)(O)=S. The van der Waals surface area contributed by atoms with Crippen LogP contribution in [0.15, 0.2) is 0 Å². The van der Waals surface area contributed by atoms with Crippen LogP contribution < -0.4 is 0 Å². The molecule has 0 unspecified atom stereocenters. The van der Waals surface area contributed by atoms with Gasteiger partial charge in [-0.25, -0.2) is 0 Å². The molecule has 0 heterocycles. The second kappa shape index (κ2) is 9.04. The average molecular weight is 327 g/mol. The van der Waals surface area contributed by atoms with Crippen molar-refractivity contribution < 1.29 is 9.79 Å². The Balaban J connectivity index is 5.00. The summed E-state index contributed by atoms with van der Waals surface area (Å²) in [5.41, 5.74) is -3.20. The first-order chi connectivity index (χ1) is 8.60.